The van der Waals surface area contributed by atoms with Gasteiger partial charge in [-0.25, -0.2) is 0 Å². The van der Waals surface area contributed by atoms with E-state index in [0.717, 1.165) is 36.3 Å². The van der Waals surface area contributed by atoms with Gasteiger partial charge >= 0.3 is 6.18 Å². The Morgan fingerprint density at radius 3 is 2.38 bits per heavy atom. The highest BCUT2D eigenvalue weighted by atomic mass is 19.4. The van der Waals surface area contributed by atoms with Gasteiger partial charge in [-0.3, -0.25) is 0 Å². The fourth-order valence-corrected chi connectivity index (χ4v) is 2.70. The minimum Gasteiger partial charge on any atom is -0.488 e. The maximum atomic E-state index is 12.8. The average Bonchev–Trinajstić information content (AvgIpc) is 2.64. The van der Waals surface area contributed by atoms with Gasteiger partial charge in [-0.2, -0.15) is 13.2 Å². The van der Waals surface area contributed by atoms with Crippen molar-refractivity contribution in [1.82, 2.24) is 0 Å². The van der Waals surface area contributed by atoms with E-state index in [0.29, 0.717) is 18.2 Å². The largest absolute Gasteiger partial charge is 0.488 e. The zero-order chi connectivity index (χ0) is 19.2. The van der Waals surface area contributed by atoms with E-state index in [2.05, 4.69) is 25.2 Å². The Hall–Kier alpha value is -2.17. The predicted octanol–water partition coefficient (Wildman–Crippen LogP) is 6.49. The molecule has 2 atom stereocenters. The fourth-order valence-electron chi connectivity index (χ4n) is 2.70. The van der Waals surface area contributed by atoms with E-state index >= 15 is 0 Å². The molecule has 0 spiro atoms. The van der Waals surface area contributed by atoms with Crippen LogP contribution in [0, 0.1) is 0 Å². The van der Waals surface area contributed by atoms with Crippen LogP contribution < -0.4 is 10.1 Å². The number of anilines is 1. The summed E-state index contributed by atoms with van der Waals surface area (Å²) in [6, 6.07) is 13.2. The average molecular weight is 365 g/mol. The number of hydrogen-bond donors (Lipinski definition) is 1. The Kier molecular flexibility index (Phi) is 6.95. The second-order valence-corrected chi connectivity index (χ2v) is 6.45. The topological polar surface area (TPSA) is 21.3 Å². The summed E-state index contributed by atoms with van der Waals surface area (Å²) < 4.78 is 44.6. The van der Waals surface area contributed by atoms with Gasteiger partial charge in [0.2, 0.25) is 0 Å². The van der Waals surface area contributed by atoms with E-state index in [-0.39, 0.29) is 6.10 Å². The molecule has 0 aliphatic carbocycles. The smallest absolute Gasteiger partial charge is 0.416 e. The standard InChI is InChI=1S/C21H26F3NO/c1-4-15(3)19-11-6-7-12-20(19)26-18(5-2)14-25-17-10-8-9-16(13-17)21(22,23)24/h6-13,15,18,25H,4-5,14H2,1-3H3/t15-,18-/m1/s1. The van der Waals surface area contributed by atoms with E-state index in [4.69, 9.17) is 4.74 Å². The first-order valence-corrected chi connectivity index (χ1v) is 9.01. The van der Waals surface area contributed by atoms with Crippen LogP contribution >= 0.6 is 0 Å². The van der Waals surface area contributed by atoms with Crippen molar-refractivity contribution in [2.24, 2.45) is 0 Å². The predicted molar refractivity (Wildman–Crippen MR) is 99.8 cm³/mol. The lowest BCUT2D eigenvalue weighted by Gasteiger charge is -2.22. The van der Waals surface area contributed by atoms with Crippen molar-refractivity contribution in [2.45, 2.75) is 51.8 Å². The van der Waals surface area contributed by atoms with Gasteiger partial charge in [-0.1, -0.05) is 45.0 Å². The van der Waals surface area contributed by atoms with Crippen LogP contribution in [0.15, 0.2) is 48.5 Å². The van der Waals surface area contributed by atoms with E-state index in [1.807, 2.05) is 25.1 Å². The van der Waals surface area contributed by atoms with Crippen molar-refractivity contribution in [2.75, 3.05) is 11.9 Å². The summed E-state index contributed by atoms with van der Waals surface area (Å²) in [4.78, 5) is 0. The summed E-state index contributed by atoms with van der Waals surface area (Å²) in [6.07, 6.45) is -2.71. The monoisotopic (exact) mass is 365 g/mol. The molecule has 0 amide bonds. The molecule has 0 radical (unpaired) electrons. The molecular weight excluding hydrogens is 339 g/mol. The third-order valence-electron chi connectivity index (χ3n) is 4.54. The van der Waals surface area contributed by atoms with Gasteiger partial charge in [0, 0.05) is 5.69 Å². The SMILES string of the molecule is CC[C@H](CNc1cccc(C(F)(F)F)c1)Oc1ccccc1[C@H](C)CC. The number of para-hydroxylation sites is 1. The quantitative estimate of drug-likeness (QED) is 0.577. The lowest BCUT2D eigenvalue weighted by molar-refractivity contribution is -0.137. The Labute approximate surface area is 153 Å². The van der Waals surface area contributed by atoms with Gasteiger partial charge in [0.1, 0.15) is 11.9 Å². The van der Waals surface area contributed by atoms with Gasteiger partial charge < -0.3 is 10.1 Å². The van der Waals surface area contributed by atoms with E-state index < -0.39 is 11.7 Å². The van der Waals surface area contributed by atoms with Crippen molar-refractivity contribution in [1.29, 1.82) is 0 Å². The first-order valence-electron chi connectivity index (χ1n) is 9.01. The van der Waals surface area contributed by atoms with Gasteiger partial charge in [-0.05, 0) is 48.6 Å². The molecule has 26 heavy (non-hydrogen) atoms. The second kappa shape index (κ2) is 8.97. The molecule has 0 unspecified atom stereocenters. The first-order chi connectivity index (χ1) is 12.3. The van der Waals surface area contributed by atoms with Crippen LogP contribution in [0.3, 0.4) is 0 Å². The molecule has 2 rings (SSSR count). The highest BCUT2D eigenvalue weighted by molar-refractivity contribution is 5.46. The molecule has 0 aliphatic heterocycles. The minimum absolute atomic E-state index is 0.130. The highest BCUT2D eigenvalue weighted by Gasteiger charge is 2.30. The Morgan fingerprint density at radius 1 is 1.00 bits per heavy atom. The molecule has 5 heteroatoms. The number of hydrogen-bond acceptors (Lipinski definition) is 2. The van der Waals surface area contributed by atoms with Crippen molar-refractivity contribution in [3.05, 3.63) is 59.7 Å². The number of ether oxygens (including phenoxy) is 1. The number of nitrogens with one attached hydrogen (secondary N) is 1. The van der Waals surface area contributed by atoms with Crippen LogP contribution in [0.4, 0.5) is 18.9 Å². The van der Waals surface area contributed by atoms with Crippen LogP contribution in [-0.2, 0) is 6.18 Å². The molecule has 2 nitrogen and oxygen atoms in total. The highest BCUT2D eigenvalue weighted by Crippen LogP contribution is 2.31. The minimum atomic E-state index is -4.34. The summed E-state index contributed by atoms with van der Waals surface area (Å²) in [5.41, 5.74) is 0.947. The number of halogens is 3. The molecule has 2 aromatic rings. The lowest BCUT2D eigenvalue weighted by atomic mass is 9.98. The van der Waals surface area contributed by atoms with Gasteiger partial charge in [0.05, 0.1) is 12.1 Å². The normalized spacial score (nSPS) is 13.9. The molecule has 0 fully saturated rings. The van der Waals surface area contributed by atoms with Gasteiger partial charge in [0.25, 0.3) is 0 Å². The molecule has 1 N–H and O–H groups in total. The van der Waals surface area contributed by atoms with Crippen LogP contribution in [0.5, 0.6) is 5.75 Å². The third-order valence-corrected chi connectivity index (χ3v) is 4.54. The molecule has 0 aromatic heterocycles. The van der Waals surface area contributed by atoms with Crippen molar-refractivity contribution >= 4 is 5.69 Å². The number of benzene rings is 2. The second-order valence-electron chi connectivity index (χ2n) is 6.45. The maximum Gasteiger partial charge on any atom is 0.416 e. The van der Waals surface area contributed by atoms with Crippen LogP contribution in [0.1, 0.15) is 50.7 Å². The van der Waals surface area contributed by atoms with Crippen molar-refractivity contribution in [3.8, 4) is 5.75 Å². The molecule has 0 bridgehead atoms. The van der Waals surface area contributed by atoms with Gasteiger partial charge in [0.15, 0.2) is 0 Å². The van der Waals surface area contributed by atoms with Crippen molar-refractivity contribution in [3.63, 3.8) is 0 Å². The molecule has 0 saturated heterocycles. The molecule has 142 valence electrons. The summed E-state index contributed by atoms with van der Waals surface area (Å²) in [6.45, 7) is 6.73. The molecule has 0 saturated carbocycles. The third kappa shape index (κ3) is 5.41. The van der Waals surface area contributed by atoms with Crippen molar-refractivity contribution < 1.29 is 17.9 Å². The summed E-state index contributed by atoms with van der Waals surface area (Å²) in [5.74, 6) is 1.24. The summed E-state index contributed by atoms with van der Waals surface area (Å²) >= 11 is 0. The zero-order valence-corrected chi connectivity index (χ0v) is 15.4. The van der Waals surface area contributed by atoms with E-state index in [9.17, 15) is 13.2 Å². The fraction of sp³-hybridized carbons (Fsp3) is 0.429. The number of rotatable bonds is 8. The molecule has 2 aromatic carbocycles. The molecular formula is C21H26F3NO. The van der Waals surface area contributed by atoms with Gasteiger partial charge in [-0.15, -0.1) is 0 Å². The summed E-state index contributed by atoms with van der Waals surface area (Å²) in [7, 11) is 0. The van der Waals surface area contributed by atoms with Crippen LogP contribution in [-0.4, -0.2) is 12.6 Å². The maximum absolute atomic E-state index is 12.8. The van der Waals surface area contributed by atoms with Crippen LogP contribution in [0.25, 0.3) is 0 Å². The van der Waals surface area contributed by atoms with E-state index in [1.54, 1.807) is 6.07 Å². The first kappa shape index (κ1) is 20.1. The molecule has 0 heterocycles. The Morgan fingerprint density at radius 2 is 1.73 bits per heavy atom. The van der Waals surface area contributed by atoms with Crippen LogP contribution in [0.2, 0.25) is 0 Å². The number of alkyl halides is 3. The Balaban J connectivity index is 2.05. The zero-order valence-electron chi connectivity index (χ0n) is 15.4. The Bertz CT molecular complexity index is 700. The summed E-state index contributed by atoms with van der Waals surface area (Å²) in [5, 5.41) is 3.07. The van der Waals surface area contributed by atoms with E-state index in [1.165, 1.54) is 6.07 Å². The lowest BCUT2D eigenvalue weighted by Crippen LogP contribution is -2.26. The molecule has 0 aliphatic rings.